The molecule has 140 valence electrons. The number of hydrogen-bond acceptors (Lipinski definition) is 3. The van der Waals surface area contributed by atoms with E-state index in [1.165, 1.54) is 24.3 Å². The zero-order valence-corrected chi connectivity index (χ0v) is 14.7. The molecule has 2 aromatic carbocycles. The first-order valence-electron chi connectivity index (χ1n) is 7.26. The zero-order chi connectivity index (χ0) is 19.3. The number of rotatable bonds is 6. The van der Waals surface area contributed by atoms with Crippen LogP contribution >= 0.6 is 11.6 Å². The summed E-state index contributed by atoms with van der Waals surface area (Å²) in [7, 11) is 0. The fourth-order valence-electron chi connectivity index (χ4n) is 2.13. The maximum Gasteiger partial charge on any atom is 0.416 e. The van der Waals surface area contributed by atoms with Crippen molar-refractivity contribution in [1.29, 1.82) is 0 Å². The topological polar surface area (TPSA) is 81.3 Å². The first-order chi connectivity index (χ1) is 12.1. The number of benzene rings is 2. The first-order valence-corrected chi connectivity index (χ1v) is 8.72. The van der Waals surface area contributed by atoms with Crippen LogP contribution in [0.1, 0.15) is 17.5 Å². The highest BCUT2D eigenvalue weighted by Crippen LogP contribution is 2.32. The van der Waals surface area contributed by atoms with Gasteiger partial charge in [-0.25, -0.2) is 0 Å². The Hall–Kier alpha value is -2.10. The highest BCUT2D eigenvalue weighted by Gasteiger charge is 2.30. The molecule has 0 aliphatic rings. The van der Waals surface area contributed by atoms with Crippen LogP contribution in [0.5, 0.6) is 0 Å². The zero-order valence-electron chi connectivity index (χ0n) is 13.1. The van der Waals surface area contributed by atoms with E-state index >= 15 is 0 Å². The maximum absolute atomic E-state index is 12.7. The van der Waals surface area contributed by atoms with Crippen molar-refractivity contribution in [3.05, 3.63) is 58.6 Å². The molecule has 0 bridgehead atoms. The van der Waals surface area contributed by atoms with Crippen LogP contribution in [0.25, 0.3) is 0 Å². The standard InChI is InChI=1S/C16H14ClF3N2O3S/c17-14-7-2-11(16(18,19)20)9-10(14)1-8-15(23)21-12-3-5-13(6-4-12)22-26(24)25/h2-7,9,22H,1,8H2,(H,21,23)(H,24,25)/p-1. The molecule has 0 aliphatic heterocycles. The minimum atomic E-state index is -4.48. The normalized spacial score (nSPS) is 12.5. The summed E-state index contributed by atoms with van der Waals surface area (Å²) in [5, 5.41) is 2.73. The van der Waals surface area contributed by atoms with Gasteiger partial charge in [0, 0.05) is 34.1 Å². The molecule has 2 rings (SSSR count). The molecular weight excluding hydrogens is 393 g/mol. The molecule has 10 heteroatoms. The van der Waals surface area contributed by atoms with Gasteiger partial charge in [-0.1, -0.05) is 11.6 Å². The minimum absolute atomic E-state index is 0.0450. The monoisotopic (exact) mass is 405 g/mol. The second kappa shape index (κ2) is 8.52. The molecule has 26 heavy (non-hydrogen) atoms. The Kier molecular flexibility index (Phi) is 6.63. The van der Waals surface area contributed by atoms with Gasteiger partial charge in [0.15, 0.2) is 0 Å². The summed E-state index contributed by atoms with van der Waals surface area (Å²) >= 11 is 3.44. The maximum atomic E-state index is 12.7. The van der Waals surface area contributed by atoms with Gasteiger partial charge in [0.1, 0.15) is 0 Å². The van der Waals surface area contributed by atoms with Crippen LogP contribution in [0.15, 0.2) is 42.5 Å². The molecule has 0 spiro atoms. The van der Waals surface area contributed by atoms with Crippen LogP contribution in [0.2, 0.25) is 5.02 Å². The molecule has 0 saturated heterocycles. The lowest BCUT2D eigenvalue weighted by Crippen LogP contribution is -2.13. The number of amides is 1. The summed E-state index contributed by atoms with van der Waals surface area (Å²) in [5.74, 6) is -0.411. The van der Waals surface area contributed by atoms with Crippen LogP contribution in [0.3, 0.4) is 0 Å². The number of aryl methyl sites for hydroxylation is 1. The van der Waals surface area contributed by atoms with Crippen molar-refractivity contribution in [2.24, 2.45) is 0 Å². The molecule has 0 saturated carbocycles. The molecule has 1 atom stereocenters. The lowest BCUT2D eigenvalue weighted by Gasteiger charge is -2.11. The molecule has 0 radical (unpaired) electrons. The van der Waals surface area contributed by atoms with Crippen molar-refractivity contribution in [1.82, 2.24) is 0 Å². The van der Waals surface area contributed by atoms with Gasteiger partial charge in [-0.05, 0) is 54.4 Å². The average Bonchev–Trinajstić information content (AvgIpc) is 2.54. The Balaban J connectivity index is 1.95. The number of anilines is 2. The molecule has 2 N–H and O–H groups in total. The minimum Gasteiger partial charge on any atom is -0.755 e. The van der Waals surface area contributed by atoms with Crippen molar-refractivity contribution >= 4 is 40.1 Å². The van der Waals surface area contributed by atoms with Gasteiger partial charge in [0.25, 0.3) is 0 Å². The fourth-order valence-corrected chi connectivity index (χ4v) is 2.67. The number of carbonyl (C=O) groups excluding carboxylic acids is 1. The number of nitrogens with one attached hydrogen (secondary N) is 2. The number of halogens is 4. The highest BCUT2D eigenvalue weighted by atomic mass is 35.5. The van der Waals surface area contributed by atoms with Crippen LogP contribution in [0, 0.1) is 0 Å². The Morgan fingerprint density at radius 3 is 2.31 bits per heavy atom. The lowest BCUT2D eigenvalue weighted by molar-refractivity contribution is -0.137. The lowest BCUT2D eigenvalue weighted by atomic mass is 10.1. The van der Waals surface area contributed by atoms with E-state index in [-0.39, 0.29) is 23.4 Å². The molecule has 1 unspecified atom stereocenters. The summed E-state index contributed by atoms with van der Waals surface area (Å²) in [5.41, 5.74) is 0.157. The largest absolute Gasteiger partial charge is 0.755 e. The quantitative estimate of drug-likeness (QED) is 0.709. The van der Waals surface area contributed by atoms with Crippen LogP contribution in [-0.2, 0) is 28.7 Å². The summed E-state index contributed by atoms with van der Waals surface area (Å²) in [6.45, 7) is 0. The third-order valence-electron chi connectivity index (χ3n) is 3.36. The molecule has 0 heterocycles. The molecule has 1 amide bonds. The van der Waals surface area contributed by atoms with E-state index in [1.54, 1.807) is 0 Å². The molecular formula is C16H13ClF3N2O3S-. The van der Waals surface area contributed by atoms with Gasteiger partial charge in [0.05, 0.1) is 5.56 Å². The van der Waals surface area contributed by atoms with Gasteiger partial charge in [-0.15, -0.1) is 0 Å². The fraction of sp³-hybridized carbons (Fsp3) is 0.188. The van der Waals surface area contributed by atoms with E-state index in [0.717, 1.165) is 18.2 Å². The molecule has 0 aromatic heterocycles. The predicted molar refractivity (Wildman–Crippen MR) is 92.4 cm³/mol. The third-order valence-corrected chi connectivity index (χ3v) is 4.14. The summed E-state index contributed by atoms with van der Waals surface area (Å²) < 4.78 is 61.4. The Bertz CT molecular complexity index is 813. The molecule has 2 aromatic rings. The summed E-state index contributed by atoms with van der Waals surface area (Å²) in [6.07, 6.45) is -4.50. The van der Waals surface area contributed by atoms with E-state index in [2.05, 4.69) is 10.0 Å². The predicted octanol–water partition coefficient (Wildman–Crippen LogP) is 4.14. The Morgan fingerprint density at radius 2 is 1.73 bits per heavy atom. The average molecular weight is 406 g/mol. The van der Waals surface area contributed by atoms with E-state index in [9.17, 15) is 26.7 Å². The highest BCUT2D eigenvalue weighted by molar-refractivity contribution is 7.80. The van der Waals surface area contributed by atoms with Gasteiger partial charge >= 0.3 is 6.18 Å². The van der Waals surface area contributed by atoms with Crippen LogP contribution < -0.4 is 10.0 Å². The van der Waals surface area contributed by atoms with Gasteiger partial charge in [0.2, 0.25) is 5.91 Å². The van der Waals surface area contributed by atoms with Gasteiger partial charge in [-0.3, -0.25) is 9.00 Å². The number of alkyl halides is 3. The smallest absolute Gasteiger partial charge is 0.416 e. The van der Waals surface area contributed by atoms with Crippen LogP contribution in [0.4, 0.5) is 24.5 Å². The number of carbonyl (C=O) groups is 1. The van der Waals surface area contributed by atoms with E-state index in [1.807, 2.05) is 0 Å². The van der Waals surface area contributed by atoms with Crippen molar-refractivity contribution in [3.63, 3.8) is 0 Å². The second-order valence-electron chi connectivity index (χ2n) is 5.27. The molecule has 0 aliphatic carbocycles. The summed E-state index contributed by atoms with van der Waals surface area (Å²) in [6, 6.07) is 8.86. The first kappa shape index (κ1) is 20.2. The molecule has 0 fully saturated rings. The van der Waals surface area contributed by atoms with E-state index in [0.29, 0.717) is 11.4 Å². The van der Waals surface area contributed by atoms with Crippen LogP contribution in [-0.4, -0.2) is 14.7 Å². The van der Waals surface area contributed by atoms with Crippen molar-refractivity contribution in [2.75, 3.05) is 10.0 Å². The van der Waals surface area contributed by atoms with Gasteiger partial charge in [-0.2, -0.15) is 13.2 Å². The van der Waals surface area contributed by atoms with Gasteiger partial charge < -0.3 is 14.6 Å². The summed E-state index contributed by atoms with van der Waals surface area (Å²) in [4.78, 5) is 12.0. The molecule has 5 nitrogen and oxygen atoms in total. The Labute approximate surface area is 155 Å². The SMILES string of the molecule is O=C(CCc1cc(C(F)(F)F)ccc1Cl)Nc1ccc(NS(=O)[O-])cc1. The van der Waals surface area contributed by atoms with Crippen molar-refractivity contribution in [2.45, 2.75) is 19.0 Å². The number of hydrogen-bond donors (Lipinski definition) is 2. The van der Waals surface area contributed by atoms with Crippen molar-refractivity contribution in [3.8, 4) is 0 Å². The van der Waals surface area contributed by atoms with Crippen molar-refractivity contribution < 1.29 is 26.7 Å². The third kappa shape index (κ3) is 6.01. The van der Waals surface area contributed by atoms with E-state index < -0.39 is 28.9 Å². The Morgan fingerprint density at radius 1 is 1.12 bits per heavy atom. The second-order valence-corrected chi connectivity index (χ2v) is 6.35. The van der Waals surface area contributed by atoms with E-state index in [4.69, 9.17) is 11.6 Å².